The molecule has 0 aliphatic rings. The third-order valence-corrected chi connectivity index (χ3v) is 2.53. The second-order valence-electron chi connectivity index (χ2n) is 2.46. The SMILES string of the molecule is CCCSCc1cc(=O)[nH]cn1. The lowest BCUT2D eigenvalue weighted by Crippen LogP contribution is -2.05. The summed E-state index contributed by atoms with van der Waals surface area (Å²) >= 11 is 1.80. The average molecular weight is 184 g/mol. The van der Waals surface area contributed by atoms with Crippen molar-refractivity contribution < 1.29 is 0 Å². The van der Waals surface area contributed by atoms with Crippen molar-refractivity contribution in [2.45, 2.75) is 19.1 Å². The number of thioether (sulfide) groups is 1. The molecule has 0 saturated carbocycles. The van der Waals surface area contributed by atoms with Crippen LogP contribution >= 0.6 is 11.8 Å². The summed E-state index contributed by atoms with van der Waals surface area (Å²) < 4.78 is 0. The van der Waals surface area contributed by atoms with E-state index in [1.807, 2.05) is 0 Å². The van der Waals surface area contributed by atoms with E-state index in [9.17, 15) is 4.79 Å². The molecule has 0 aliphatic heterocycles. The van der Waals surface area contributed by atoms with Gasteiger partial charge in [0.1, 0.15) is 0 Å². The highest BCUT2D eigenvalue weighted by molar-refractivity contribution is 7.98. The smallest absolute Gasteiger partial charge is 0.250 e. The maximum atomic E-state index is 10.8. The predicted molar refractivity (Wildman–Crippen MR) is 51.3 cm³/mol. The molecule has 1 heterocycles. The van der Waals surface area contributed by atoms with Crippen LogP contribution in [0.4, 0.5) is 0 Å². The highest BCUT2D eigenvalue weighted by atomic mass is 32.2. The molecule has 0 aliphatic carbocycles. The molecule has 0 aromatic carbocycles. The van der Waals surface area contributed by atoms with Crippen LogP contribution in [-0.2, 0) is 5.75 Å². The molecule has 3 nitrogen and oxygen atoms in total. The van der Waals surface area contributed by atoms with Crippen molar-refractivity contribution in [3.63, 3.8) is 0 Å². The van der Waals surface area contributed by atoms with Gasteiger partial charge in [-0.15, -0.1) is 0 Å². The number of aromatic amines is 1. The summed E-state index contributed by atoms with van der Waals surface area (Å²) in [6.45, 7) is 2.14. The number of nitrogens with one attached hydrogen (secondary N) is 1. The second-order valence-corrected chi connectivity index (χ2v) is 3.56. The first-order valence-electron chi connectivity index (χ1n) is 3.94. The third-order valence-electron chi connectivity index (χ3n) is 1.33. The molecule has 4 heteroatoms. The highest BCUT2D eigenvalue weighted by Crippen LogP contribution is 2.08. The van der Waals surface area contributed by atoms with Gasteiger partial charge in [0.25, 0.3) is 5.56 Å². The lowest BCUT2D eigenvalue weighted by Gasteiger charge is -1.97. The van der Waals surface area contributed by atoms with Crippen LogP contribution in [0.2, 0.25) is 0 Å². The molecule has 0 spiro atoms. The molecule has 1 rings (SSSR count). The largest absolute Gasteiger partial charge is 0.313 e. The fraction of sp³-hybridized carbons (Fsp3) is 0.500. The number of nitrogens with zero attached hydrogens (tertiary/aromatic N) is 1. The van der Waals surface area contributed by atoms with Crippen LogP contribution in [0, 0.1) is 0 Å². The third kappa shape index (κ3) is 3.09. The minimum absolute atomic E-state index is 0.0721. The number of H-pyrrole nitrogens is 1. The van der Waals surface area contributed by atoms with Crippen molar-refractivity contribution in [1.29, 1.82) is 0 Å². The first-order chi connectivity index (χ1) is 5.83. The highest BCUT2D eigenvalue weighted by Gasteiger charge is 1.94. The summed E-state index contributed by atoms with van der Waals surface area (Å²) in [5.74, 6) is 1.95. The van der Waals surface area contributed by atoms with Crippen LogP contribution in [0.5, 0.6) is 0 Å². The summed E-state index contributed by atoms with van der Waals surface area (Å²) in [6, 6.07) is 1.54. The maximum Gasteiger partial charge on any atom is 0.250 e. The van der Waals surface area contributed by atoms with E-state index in [4.69, 9.17) is 0 Å². The molecule has 12 heavy (non-hydrogen) atoms. The van der Waals surface area contributed by atoms with E-state index in [0.717, 1.165) is 23.6 Å². The van der Waals surface area contributed by atoms with E-state index >= 15 is 0 Å². The molecule has 66 valence electrons. The Hall–Kier alpha value is -0.770. The van der Waals surface area contributed by atoms with Crippen molar-refractivity contribution in [3.05, 3.63) is 28.4 Å². The Bertz CT molecular complexity index is 284. The Morgan fingerprint density at radius 1 is 1.67 bits per heavy atom. The minimum Gasteiger partial charge on any atom is -0.313 e. The molecule has 0 unspecified atom stereocenters. The number of aromatic nitrogens is 2. The van der Waals surface area contributed by atoms with Crippen molar-refractivity contribution in [2.75, 3.05) is 5.75 Å². The fourth-order valence-corrected chi connectivity index (χ4v) is 1.61. The minimum atomic E-state index is -0.0721. The van der Waals surface area contributed by atoms with E-state index in [2.05, 4.69) is 16.9 Å². The van der Waals surface area contributed by atoms with Crippen molar-refractivity contribution in [2.24, 2.45) is 0 Å². The predicted octanol–water partition coefficient (Wildman–Crippen LogP) is 1.41. The van der Waals surface area contributed by atoms with Gasteiger partial charge in [-0.1, -0.05) is 6.92 Å². The van der Waals surface area contributed by atoms with Gasteiger partial charge >= 0.3 is 0 Å². The van der Waals surface area contributed by atoms with E-state index < -0.39 is 0 Å². The molecular weight excluding hydrogens is 172 g/mol. The van der Waals surface area contributed by atoms with Crippen LogP contribution in [0.3, 0.4) is 0 Å². The summed E-state index contributed by atoms with van der Waals surface area (Å²) in [5.41, 5.74) is 0.786. The summed E-state index contributed by atoms with van der Waals surface area (Å²) in [5, 5.41) is 0. The van der Waals surface area contributed by atoms with Gasteiger partial charge in [0, 0.05) is 11.8 Å². The molecule has 0 fully saturated rings. The molecule has 0 radical (unpaired) electrons. The van der Waals surface area contributed by atoms with Gasteiger partial charge in [0.2, 0.25) is 0 Å². The zero-order valence-electron chi connectivity index (χ0n) is 7.04. The lowest BCUT2D eigenvalue weighted by molar-refractivity contribution is 1.05. The maximum absolute atomic E-state index is 10.8. The van der Waals surface area contributed by atoms with Crippen LogP contribution < -0.4 is 5.56 Å². The van der Waals surface area contributed by atoms with Gasteiger partial charge in [0.05, 0.1) is 12.0 Å². The van der Waals surface area contributed by atoms with E-state index in [0.29, 0.717) is 0 Å². The zero-order valence-corrected chi connectivity index (χ0v) is 7.86. The second kappa shape index (κ2) is 4.98. The molecule has 0 atom stereocenters. The molecule has 1 aromatic heterocycles. The molecule has 0 bridgehead atoms. The number of hydrogen-bond donors (Lipinski definition) is 1. The van der Waals surface area contributed by atoms with E-state index in [1.54, 1.807) is 17.8 Å². The van der Waals surface area contributed by atoms with Crippen molar-refractivity contribution in [1.82, 2.24) is 9.97 Å². The first-order valence-corrected chi connectivity index (χ1v) is 5.09. The van der Waals surface area contributed by atoms with Gasteiger partial charge in [0.15, 0.2) is 0 Å². The molecule has 0 saturated heterocycles. The Balaban J connectivity index is 2.47. The quantitative estimate of drug-likeness (QED) is 0.720. The van der Waals surface area contributed by atoms with Gasteiger partial charge in [-0.25, -0.2) is 4.98 Å². The summed E-state index contributed by atoms with van der Waals surface area (Å²) in [7, 11) is 0. The Morgan fingerprint density at radius 3 is 3.17 bits per heavy atom. The van der Waals surface area contributed by atoms with Crippen molar-refractivity contribution >= 4 is 11.8 Å². The van der Waals surface area contributed by atoms with E-state index in [1.165, 1.54) is 6.33 Å². The zero-order chi connectivity index (χ0) is 8.81. The monoisotopic (exact) mass is 184 g/mol. The Morgan fingerprint density at radius 2 is 2.50 bits per heavy atom. The van der Waals surface area contributed by atoms with Gasteiger partial charge < -0.3 is 4.98 Å². The van der Waals surface area contributed by atoms with Gasteiger partial charge in [-0.3, -0.25) is 4.79 Å². The average Bonchev–Trinajstić information content (AvgIpc) is 2.05. The van der Waals surface area contributed by atoms with Crippen LogP contribution in [-0.4, -0.2) is 15.7 Å². The number of rotatable bonds is 4. The summed E-state index contributed by atoms with van der Waals surface area (Å²) in [6.07, 6.45) is 2.61. The van der Waals surface area contributed by atoms with Gasteiger partial charge in [-0.2, -0.15) is 11.8 Å². The molecular formula is C8H12N2OS. The Kier molecular flexibility index (Phi) is 3.87. The van der Waals surface area contributed by atoms with Crippen LogP contribution in [0.25, 0.3) is 0 Å². The van der Waals surface area contributed by atoms with E-state index in [-0.39, 0.29) is 5.56 Å². The molecule has 1 N–H and O–H groups in total. The van der Waals surface area contributed by atoms with Crippen molar-refractivity contribution in [3.8, 4) is 0 Å². The molecule has 1 aromatic rings. The van der Waals surface area contributed by atoms with Crippen LogP contribution in [0.1, 0.15) is 19.0 Å². The topological polar surface area (TPSA) is 45.8 Å². The van der Waals surface area contributed by atoms with Gasteiger partial charge in [-0.05, 0) is 12.2 Å². The Labute approximate surface area is 75.6 Å². The normalized spacial score (nSPS) is 10.1. The number of hydrogen-bond acceptors (Lipinski definition) is 3. The lowest BCUT2D eigenvalue weighted by atomic mass is 10.5. The molecule has 0 amide bonds. The fourth-order valence-electron chi connectivity index (χ4n) is 0.809. The standard InChI is InChI=1S/C8H12N2OS/c1-2-3-12-5-7-4-8(11)10-6-9-7/h4,6H,2-3,5H2,1H3,(H,9,10,11). The van der Waals surface area contributed by atoms with Crippen LogP contribution in [0.15, 0.2) is 17.2 Å². The first kappa shape index (κ1) is 9.32. The summed E-state index contributed by atoms with van der Waals surface area (Å²) in [4.78, 5) is 17.3.